The summed E-state index contributed by atoms with van der Waals surface area (Å²) in [4.78, 5) is 4.20. The van der Waals surface area contributed by atoms with Gasteiger partial charge in [-0.2, -0.15) is 4.98 Å². The van der Waals surface area contributed by atoms with Crippen LogP contribution in [-0.2, 0) is 16.1 Å². The molecule has 0 saturated heterocycles. The average molecular weight is 229 g/mol. The predicted molar refractivity (Wildman–Crippen MR) is 57.7 cm³/mol. The highest BCUT2D eigenvalue weighted by Gasteiger charge is 2.16. The topological polar surface area (TPSA) is 83.4 Å². The summed E-state index contributed by atoms with van der Waals surface area (Å²) in [5, 5.41) is 3.86. The summed E-state index contributed by atoms with van der Waals surface area (Å²) in [5.74, 6) is 1.04. The molecule has 92 valence electrons. The van der Waals surface area contributed by atoms with Gasteiger partial charge in [-0.3, -0.25) is 0 Å². The maximum atomic E-state index is 5.47. The molecule has 0 radical (unpaired) electrons. The van der Waals surface area contributed by atoms with Crippen LogP contribution in [-0.4, -0.2) is 29.9 Å². The van der Waals surface area contributed by atoms with Crippen molar-refractivity contribution in [1.29, 1.82) is 0 Å². The zero-order valence-corrected chi connectivity index (χ0v) is 9.81. The van der Waals surface area contributed by atoms with Crippen LogP contribution in [0.3, 0.4) is 0 Å². The minimum Gasteiger partial charge on any atom is -0.370 e. The Bertz CT molecular complexity index is 291. The molecule has 1 aromatic rings. The van der Waals surface area contributed by atoms with Gasteiger partial charge in [-0.25, -0.2) is 0 Å². The van der Waals surface area contributed by atoms with E-state index in [0.29, 0.717) is 38.1 Å². The van der Waals surface area contributed by atoms with Crippen LogP contribution in [0.15, 0.2) is 4.52 Å². The van der Waals surface area contributed by atoms with E-state index < -0.39 is 0 Å². The second kappa shape index (κ2) is 7.32. The number of rotatable bonds is 8. The van der Waals surface area contributed by atoms with Crippen LogP contribution in [0.5, 0.6) is 0 Å². The van der Waals surface area contributed by atoms with E-state index in [4.69, 9.17) is 19.7 Å². The molecule has 0 aliphatic carbocycles. The van der Waals surface area contributed by atoms with E-state index in [1.54, 1.807) is 0 Å². The zero-order chi connectivity index (χ0) is 11.8. The van der Waals surface area contributed by atoms with Crippen molar-refractivity contribution in [2.75, 3.05) is 19.8 Å². The number of hydrogen-bond acceptors (Lipinski definition) is 6. The van der Waals surface area contributed by atoms with E-state index in [9.17, 15) is 0 Å². The van der Waals surface area contributed by atoms with Crippen LogP contribution >= 0.6 is 0 Å². The fraction of sp³-hybridized carbons (Fsp3) is 0.800. The molecular weight excluding hydrogens is 210 g/mol. The SMILES string of the molecule is CCOC(CC)c1noc(COCCN)n1. The molecule has 1 rings (SSSR count). The molecule has 0 fully saturated rings. The molecular formula is C10H19N3O3. The molecule has 0 spiro atoms. The van der Waals surface area contributed by atoms with E-state index >= 15 is 0 Å². The van der Waals surface area contributed by atoms with Gasteiger partial charge in [-0.05, 0) is 13.3 Å². The lowest BCUT2D eigenvalue weighted by Crippen LogP contribution is -2.08. The quantitative estimate of drug-likeness (QED) is 0.670. The Morgan fingerprint density at radius 3 is 2.88 bits per heavy atom. The van der Waals surface area contributed by atoms with Crippen molar-refractivity contribution in [3.63, 3.8) is 0 Å². The molecule has 0 aromatic carbocycles. The predicted octanol–water partition coefficient (Wildman–Crippen LogP) is 1.03. The van der Waals surface area contributed by atoms with Crippen LogP contribution in [0.1, 0.15) is 38.1 Å². The van der Waals surface area contributed by atoms with Crippen LogP contribution in [0.25, 0.3) is 0 Å². The summed E-state index contributed by atoms with van der Waals surface area (Å²) in [6, 6.07) is 0. The number of aromatic nitrogens is 2. The number of nitrogens with zero attached hydrogens (tertiary/aromatic N) is 2. The number of hydrogen-bond donors (Lipinski definition) is 1. The van der Waals surface area contributed by atoms with Gasteiger partial charge >= 0.3 is 0 Å². The number of nitrogens with two attached hydrogens (primary N) is 1. The Balaban J connectivity index is 2.48. The van der Waals surface area contributed by atoms with E-state index in [0.717, 1.165) is 6.42 Å². The highest BCUT2D eigenvalue weighted by molar-refractivity contribution is 4.90. The molecule has 6 heteroatoms. The van der Waals surface area contributed by atoms with Crippen molar-refractivity contribution in [2.45, 2.75) is 33.0 Å². The normalized spacial score (nSPS) is 12.9. The molecule has 2 N–H and O–H groups in total. The second-order valence-corrected chi connectivity index (χ2v) is 3.24. The summed E-state index contributed by atoms with van der Waals surface area (Å²) < 4.78 is 15.7. The lowest BCUT2D eigenvalue weighted by molar-refractivity contribution is 0.0518. The zero-order valence-electron chi connectivity index (χ0n) is 9.81. The first-order valence-electron chi connectivity index (χ1n) is 5.53. The van der Waals surface area contributed by atoms with Crippen molar-refractivity contribution in [2.24, 2.45) is 5.73 Å². The van der Waals surface area contributed by atoms with Crippen LogP contribution in [0, 0.1) is 0 Å². The lowest BCUT2D eigenvalue weighted by Gasteiger charge is -2.09. The molecule has 1 unspecified atom stereocenters. The number of ether oxygens (including phenoxy) is 2. The van der Waals surface area contributed by atoms with E-state index in [1.807, 2.05) is 13.8 Å². The molecule has 0 aliphatic rings. The third-order valence-corrected chi connectivity index (χ3v) is 2.00. The highest BCUT2D eigenvalue weighted by Crippen LogP contribution is 2.17. The van der Waals surface area contributed by atoms with Crippen molar-refractivity contribution >= 4 is 0 Å². The standard InChI is InChI=1S/C10H19N3O3/c1-3-8(15-4-2)10-12-9(16-13-10)7-14-6-5-11/h8H,3-7,11H2,1-2H3. The fourth-order valence-electron chi connectivity index (χ4n) is 1.28. The lowest BCUT2D eigenvalue weighted by atomic mass is 10.2. The molecule has 1 aromatic heterocycles. The minimum absolute atomic E-state index is 0.1000. The molecule has 1 heterocycles. The Labute approximate surface area is 95.1 Å². The molecule has 1 atom stereocenters. The summed E-state index contributed by atoms with van der Waals surface area (Å²) in [6.45, 7) is 5.85. The fourth-order valence-corrected chi connectivity index (χ4v) is 1.28. The molecule has 16 heavy (non-hydrogen) atoms. The van der Waals surface area contributed by atoms with E-state index in [1.165, 1.54) is 0 Å². The molecule has 0 amide bonds. The first kappa shape index (κ1) is 13.1. The maximum absolute atomic E-state index is 5.47. The Kier molecular flexibility index (Phi) is 5.99. The van der Waals surface area contributed by atoms with Crippen LogP contribution in [0.4, 0.5) is 0 Å². The van der Waals surface area contributed by atoms with Gasteiger partial charge in [-0.15, -0.1) is 0 Å². The molecule has 0 aliphatic heterocycles. The van der Waals surface area contributed by atoms with Gasteiger partial charge in [0.15, 0.2) is 0 Å². The Hall–Kier alpha value is -0.980. The van der Waals surface area contributed by atoms with E-state index in [-0.39, 0.29) is 6.10 Å². The van der Waals surface area contributed by atoms with E-state index in [2.05, 4.69) is 10.1 Å². The summed E-state index contributed by atoms with van der Waals surface area (Å²) in [7, 11) is 0. The van der Waals surface area contributed by atoms with Crippen molar-refractivity contribution in [1.82, 2.24) is 10.1 Å². The monoisotopic (exact) mass is 229 g/mol. The average Bonchev–Trinajstić information content (AvgIpc) is 2.75. The first-order valence-corrected chi connectivity index (χ1v) is 5.53. The molecule has 6 nitrogen and oxygen atoms in total. The van der Waals surface area contributed by atoms with Gasteiger partial charge in [0.25, 0.3) is 5.89 Å². The van der Waals surface area contributed by atoms with Crippen LogP contribution in [0.2, 0.25) is 0 Å². The smallest absolute Gasteiger partial charge is 0.252 e. The third-order valence-electron chi connectivity index (χ3n) is 2.00. The summed E-state index contributed by atoms with van der Waals surface area (Å²) in [6.07, 6.45) is 0.716. The van der Waals surface area contributed by atoms with Gasteiger partial charge < -0.3 is 19.7 Å². The Morgan fingerprint density at radius 2 is 2.25 bits per heavy atom. The summed E-state index contributed by atoms with van der Waals surface area (Å²) in [5.41, 5.74) is 5.30. The second-order valence-electron chi connectivity index (χ2n) is 3.24. The third kappa shape index (κ3) is 3.88. The Morgan fingerprint density at radius 1 is 1.44 bits per heavy atom. The van der Waals surface area contributed by atoms with Gasteiger partial charge in [0.2, 0.25) is 5.82 Å². The minimum atomic E-state index is -0.1000. The van der Waals surface area contributed by atoms with Gasteiger partial charge in [-0.1, -0.05) is 12.1 Å². The van der Waals surface area contributed by atoms with Gasteiger partial charge in [0.05, 0.1) is 6.61 Å². The first-order chi connectivity index (χ1) is 7.81. The molecule has 0 bridgehead atoms. The van der Waals surface area contributed by atoms with Crippen molar-refractivity contribution in [3.8, 4) is 0 Å². The van der Waals surface area contributed by atoms with Crippen molar-refractivity contribution in [3.05, 3.63) is 11.7 Å². The maximum Gasteiger partial charge on any atom is 0.252 e. The van der Waals surface area contributed by atoms with Crippen LogP contribution < -0.4 is 5.73 Å². The highest BCUT2D eigenvalue weighted by atomic mass is 16.5. The van der Waals surface area contributed by atoms with Gasteiger partial charge in [0.1, 0.15) is 12.7 Å². The molecule has 0 saturated carbocycles. The largest absolute Gasteiger partial charge is 0.370 e. The summed E-state index contributed by atoms with van der Waals surface area (Å²) >= 11 is 0. The van der Waals surface area contributed by atoms with Crippen molar-refractivity contribution < 1.29 is 14.0 Å². The van der Waals surface area contributed by atoms with Gasteiger partial charge in [0, 0.05) is 13.2 Å².